The maximum atomic E-state index is 13.0. The van der Waals surface area contributed by atoms with Crippen LogP contribution < -0.4 is 15.4 Å². The highest BCUT2D eigenvalue weighted by Crippen LogP contribution is 2.33. The van der Waals surface area contributed by atoms with Crippen LogP contribution in [0.15, 0.2) is 53.0 Å². The van der Waals surface area contributed by atoms with Crippen molar-refractivity contribution >= 4 is 39.5 Å². The lowest BCUT2D eigenvalue weighted by Crippen LogP contribution is -2.42. The van der Waals surface area contributed by atoms with Gasteiger partial charge in [-0.05, 0) is 32.0 Å². The lowest BCUT2D eigenvalue weighted by Gasteiger charge is -2.23. The Morgan fingerprint density at radius 3 is 2.57 bits per heavy atom. The Labute approximate surface area is 171 Å². The third kappa shape index (κ3) is 3.73. The fourth-order valence-electron chi connectivity index (χ4n) is 3.07. The van der Waals surface area contributed by atoms with E-state index in [2.05, 4.69) is 26.6 Å². The molecule has 0 aromatic heterocycles. The van der Waals surface area contributed by atoms with Gasteiger partial charge >= 0.3 is 6.03 Å². The minimum absolute atomic E-state index is 0.398. The van der Waals surface area contributed by atoms with Crippen molar-refractivity contribution < 1.29 is 19.1 Å². The summed E-state index contributed by atoms with van der Waals surface area (Å²) in [5.74, 6) is -0.460. The first-order valence-corrected chi connectivity index (χ1v) is 9.57. The van der Waals surface area contributed by atoms with Crippen LogP contribution in [0.1, 0.15) is 19.4 Å². The van der Waals surface area contributed by atoms with Gasteiger partial charge in [-0.15, -0.1) is 0 Å². The van der Waals surface area contributed by atoms with Gasteiger partial charge in [-0.3, -0.25) is 14.5 Å². The summed E-state index contributed by atoms with van der Waals surface area (Å²) in [5, 5.41) is 5.39. The van der Waals surface area contributed by atoms with Crippen molar-refractivity contribution in [2.45, 2.75) is 19.4 Å². The van der Waals surface area contributed by atoms with Gasteiger partial charge < -0.3 is 15.4 Å². The molecule has 1 aliphatic heterocycles. The molecule has 3 rings (SSSR count). The summed E-state index contributed by atoms with van der Waals surface area (Å²) >= 11 is 3.41. The van der Waals surface area contributed by atoms with Gasteiger partial charge in [0, 0.05) is 10.0 Å². The van der Waals surface area contributed by atoms with Crippen LogP contribution in [0.25, 0.3) is 0 Å². The van der Waals surface area contributed by atoms with E-state index >= 15 is 0 Å². The van der Waals surface area contributed by atoms with Crippen LogP contribution >= 0.6 is 15.9 Å². The van der Waals surface area contributed by atoms with Gasteiger partial charge in [-0.2, -0.15) is 0 Å². The van der Waals surface area contributed by atoms with Crippen molar-refractivity contribution in [3.63, 3.8) is 0 Å². The molecule has 0 bridgehead atoms. The quantitative estimate of drug-likeness (QED) is 0.667. The number of hydrogen-bond acceptors (Lipinski definition) is 4. The smallest absolute Gasteiger partial charge is 0.325 e. The van der Waals surface area contributed by atoms with Crippen LogP contribution in [0.5, 0.6) is 5.75 Å². The Balaban J connectivity index is 1.76. The molecular formula is C20H20BrN3O4. The minimum Gasteiger partial charge on any atom is -0.492 e. The highest BCUT2D eigenvalue weighted by Gasteiger charge is 2.50. The Hall–Kier alpha value is -2.87. The molecule has 0 unspecified atom stereocenters. The van der Waals surface area contributed by atoms with Gasteiger partial charge in [0.2, 0.25) is 5.91 Å². The molecule has 4 amide bonds. The van der Waals surface area contributed by atoms with Crippen molar-refractivity contribution in [1.82, 2.24) is 10.2 Å². The van der Waals surface area contributed by atoms with Crippen molar-refractivity contribution in [1.29, 1.82) is 0 Å². The summed E-state index contributed by atoms with van der Waals surface area (Å²) in [6.07, 6.45) is 0. The van der Waals surface area contributed by atoms with Gasteiger partial charge in [0.25, 0.3) is 5.91 Å². The van der Waals surface area contributed by atoms with E-state index in [1.807, 2.05) is 13.0 Å². The number of ether oxygens (including phenoxy) is 1. The molecule has 7 nitrogen and oxygen atoms in total. The number of carbonyl (C=O) groups is 3. The second-order valence-electron chi connectivity index (χ2n) is 6.40. The molecule has 0 saturated carbocycles. The molecule has 0 spiro atoms. The predicted octanol–water partition coefficient (Wildman–Crippen LogP) is 3.25. The van der Waals surface area contributed by atoms with E-state index in [1.165, 1.54) is 0 Å². The molecule has 1 fully saturated rings. The first-order valence-electron chi connectivity index (χ1n) is 8.77. The molecule has 1 heterocycles. The molecule has 28 heavy (non-hydrogen) atoms. The van der Waals surface area contributed by atoms with Crippen molar-refractivity contribution in [3.05, 3.63) is 58.6 Å². The molecule has 1 saturated heterocycles. The summed E-state index contributed by atoms with van der Waals surface area (Å²) in [4.78, 5) is 38.8. The fraction of sp³-hybridized carbons (Fsp3) is 0.250. The number of anilines is 1. The van der Waals surface area contributed by atoms with E-state index in [0.29, 0.717) is 28.1 Å². The third-order valence-corrected chi connectivity index (χ3v) is 5.14. The van der Waals surface area contributed by atoms with Gasteiger partial charge in [-0.25, -0.2) is 4.79 Å². The minimum atomic E-state index is -1.25. The number of nitrogens with one attached hydrogen (secondary N) is 2. The Bertz CT molecular complexity index is 933. The van der Waals surface area contributed by atoms with Crippen LogP contribution in [0.3, 0.4) is 0 Å². The zero-order chi connectivity index (χ0) is 20.3. The molecule has 1 aliphatic rings. The van der Waals surface area contributed by atoms with Crippen LogP contribution in [0.2, 0.25) is 0 Å². The van der Waals surface area contributed by atoms with E-state index in [-0.39, 0.29) is 0 Å². The van der Waals surface area contributed by atoms with E-state index in [0.717, 1.165) is 4.90 Å². The molecule has 8 heteroatoms. The predicted molar refractivity (Wildman–Crippen MR) is 108 cm³/mol. The van der Waals surface area contributed by atoms with Gasteiger partial charge in [0.05, 0.1) is 12.3 Å². The topological polar surface area (TPSA) is 87.7 Å². The summed E-state index contributed by atoms with van der Waals surface area (Å²) in [5.41, 5.74) is -0.145. The first kappa shape index (κ1) is 19.9. The SMILES string of the molecule is CCOc1ccccc1NC(=O)CN1C(=O)N[C@@](C)(c2ccccc2Br)C1=O. The number of urea groups is 1. The zero-order valence-corrected chi connectivity index (χ0v) is 17.1. The molecule has 2 aromatic carbocycles. The summed E-state index contributed by atoms with van der Waals surface area (Å²) in [6.45, 7) is 3.51. The van der Waals surface area contributed by atoms with E-state index < -0.39 is 29.9 Å². The molecule has 0 aliphatic carbocycles. The second kappa shape index (κ2) is 8.02. The number of amides is 4. The van der Waals surface area contributed by atoms with Crippen LogP contribution in [-0.2, 0) is 15.1 Å². The molecule has 2 N–H and O–H groups in total. The normalized spacial score (nSPS) is 18.8. The number of para-hydroxylation sites is 2. The number of nitrogens with zero attached hydrogens (tertiary/aromatic N) is 1. The van der Waals surface area contributed by atoms with Crippen molar-refractivity contribution in [2.24, 2.45) is 0 Å². The summed E-state index contributed by atoms with van der Waals surface area (Å²) in [7, 11) is 0. The zero-order valence-electron chi connectivity index (χ0n) is 15.5. The summed E-state index contributed by atoms with van der Waals surface area (Å²) < 4.78 is 6.17. The highest BCUT2D eigenvalue weighted by molar-refractivity contribution is 9.10. The van der Waals surface area contributed by atoms with Crippen LogP contribution in [0.4, 0.5) is 10.5 Å². The molecule has 2 aromatic rings. The van der Waals surface area contributed by atoms with Crippen molar-refractivity contribution in [2.75, 3.05) is 18.5 Å². The Morgan fingerprint density at radius 2 is 1.86 bits per heavy atom. The number of carbonyl (C=O) groups excluding carboxylic acids is 3. The number of halogens is 1. The highest BCUT2D eigenvalue weighted by atomic mass is 79.9. The first-order chi connectivity index (χ1) is 13.4. The molecule has 1 atom stereocenters. The fourth-order valence-corrected chi connectivity index (χ4v) is 3.76. The maximum absolute atomic E-state index is 13.0. The van der Waals surface area contributed by atoms with E-state index in [9.17, 15) is 14.4 Å². The number of rotatable bonds is 6. The average molecular weight is 446 g/mol. The Morgan fingerprint density at radius 1 is 1.18 bits per heavy atom. The van der Waals surface area contributed by atoms with E-state index in [1.54, 1.807) is 49.4 Å². The second-order valence-corrected chi connectivity index (χ2v) is 7.26. The van der Waals surface area contributed by atoms with Gasteiger partial charge in [0.15, 0.2) is 0 Å². The maximum Gasteiger partial charge on any atom is 0.325 e. The lowest BCUT2D eigenvalue weighted by atomic mass is 9.92. The number of hydrogen-bond donors (Lipinski definition) is 2. The monoisotopic (exact) mass is 445 g/mol. The average Bonchev–Trinajstić information content (AvgIpc) is 2.88. The molecular weight excluding hydrogens is 426 g/mol. The van der Waals surface area contributed by atoms with E-state index in [4.69, 9.17) is 4.74 Å². The number of imide groups is 1. The molecule has 146 valence electrons. The van der Waals surface area contributed by atoms with Gasteiger partial charge in [0.1, 0.15) is 17.8 Å². The van der Waals surface area contributed by atoms with Crippen LogP contribution in [0, 0.1) is 0 Å². The largest absolute Gasteiger partial charge is 0.492 e. The van der Waals surface area contributed by atoms with Crippen LogP contribution in [-0.4, -0.2) is 35.9 Å². The third-order valence-electron chi connectivity index (χ3n) is 4.45. The van der Waals surface area contributed by atoms with Crippen molar-refractivity contribution in [3.8, 4) is 5.75 Å². The lowest BCUT2D eigenvalue weighted by molar-refractivity contribution is -0.133. The standard InChI is InChI=1S/C20H20BrN3O4/c1-3-28-16-11-7-6-10-15(16)22-17(25)12-24-18(26)20(2,23-19(24)27)13-8-4-5-9-14(13)21/h4-11H,3,12H2,1-2H3,(H,22,25)(H,23,27)/t20-/m0/s1. The molecule has 0 radical (unpaired) electrons. The van der Waals surface area contributed by atoms with Gasteiger partial charge in [-0.1, -0.05) is 46.3 Å². The Kier molecular flexibility index (Phi) is 5.69. The summed E-state index contributed by atoms with van der Waals surface area (Å²) in [6, 6.07) is 13.5. The number of benzene rings is 2.